The van der Waals surface area contributed by atoms with E-state index in [1.54, 1.807) is 12.1 Å². The zero-order valence-electron chi connectivity index (χ0n) is 15.1. The van der Waals surface area contributed by atoms with Gasteiger partial charge in [0, 0.05) is 31.6 Å². The Hall–Kier alpha value is -2.22. The Kier molecular flexibility index (Phi) is 4.75. The maximum Gasteiger partial charge on any atom is 0.253 e. The third kappa shape index (κ3) is 3.76. The van der Waals surface area contributed by atoms with Gasteiger partial charge in [-0.05, 0) is 29.8 Å². The number of carbonyl (C=O) groups excluding carboxylic acids is 1. The second kappa shape index (κ2) is 7.07. The van der Waals surface area contributed by atoms with Crippen LogP contribution in [0.2, 0.25) is 0 Å². The number of sulfone groups is 1. The molecule has 6 nitrogen and oxygen atoms in total. The lowest BCUT2D eigenvalue weighted by atomic mass is 10.1. The minimum Gasteiger partial charge on any atom is -0.365 e. The first-order valence-corrected chi connectivity index (χ1v) is 10.8. The van der Waals surface area contributed by atoms with Gasteiger partial charge >= 0.3 is 0 Å². The van der Waals surface area contributed by atoms with E-state index in [2.05, 4.69) is 4.90 Å². The van der Waals surface area contributed by atoms with Crippen molar-refractivity contribution in [2.75, 3.05) is 30.9 Å². The number of ether oxygens (including phenoxy) is 1. The molecule has 2 heterocycles. The molecule has 0 aliphatic carbocycles. The summed E-state index contributed by atoms with van der Waals surface area (Å²) < 4.78 is 29.0. The van der Waals surface area contributed by atoms with Crippen molar-refractivity contribution >= 4 is 21.4 Å². The smallest absolute Gasteiger partial charge is 0.253 e. The van der Waals surface area contributed by atoms with Gasteiger partial charge in [0.15, 0.2) is 9.84 Å². The summed E-state index contributed by atoms with van der Waals surface area (Å²) >= 11 is 0. The van der Waals surface area contributed by atoms with Gasteiger partial charge in [0.05, 0.1) is 17.0 Å². The molecule has 0 radical (unpaired) electrons. The van der Waals surface area contributed by atoms with Crippen LogP contribution in [0.5, 0.6) is 0 Å². The molecule has 7 heteroatoms. The third-order valence-corrected chi connectivity index (χ3v) is 6.25. The zero-order chi connectivity index (χ0) is 19.0. The molecule has 1 amide bonds. The van der Waals surface area contributed by atoms with Crippen molar-refractivity contribution in [2.45, 2.75) is 23.6 Å². The lowest BCUT2D eigenvalue weighted by Crippen LogP contribution is -2.54. The normalized spacial score (nSPS) is 23.4. The molecule has 2 fully saturated rings. The van der Waals surface area contributed by atoms with Crippen LogP contribution < -0.4 is 4.90 Å². The number of likely N-dealkylation sites (tertiary alicyclic amines) is 1. The summed E-state index contributed by atoms with van der Waals surface area (Å²) in [5, 5.41) is 0. The Bertz CT molecular complexity index is 928. The van der Waals surface area contributed by atoms with Gasteiger partial charge in [-0.3, -0.25) is 9.69 Å². The summed E-state index contributed by atoms with van der Waals surface area (Å²) in [4.78, 5) is 16.9. The monoisotopic (exact) mass is 386 g/mol. The summed E-state index contributed by atoms with van der Waals surface area (Å²) in [6.07, 6.45) is 1.19. The van der Waals surface area contributed by atoms with Crippen molar-refractivity contribution in [1.29, 1.82) is 0 Å². The molecule has 0 N–H and O–H groups in total. The van der Waals surface area contributed by atoms with Gasteiger partial charge in [-0.1, -0.05) is 30.3 Å². The highest BCUT2D eigenvalue weighted by Gasteiger charge is 2.43. The van der Waals surface area contributed by atoms with Gasteiger partial charge < -0.3 is 9.64 Å². The van der Waals surface area contributed by atoms with Crippen LogP contribution >= 0.6 is 0 Å². The van der Waals surface area contributed by atoms with Crippen LogP contribution in [-0.4, -0.2) is 57.3 Å². The maximum atomic E-state index is 12.5. The molecule has 2 saturated heterocycles. The van der Waals surface area contributed by atoms with Gasteiger partial charge in [-0.2, -0.15) is 0 Å². The summed E-state index contributed by atoms with van der Waals surface area (Å²) in [7, 11) is -3.19. The molecular formula is C20H22N2O4S. The van der Waals surface area contributed by atoms with E-state index < -0.39 is 9.84 Å². The fourth-order valence-electron chi connectivity index (χ4n) is 3.83. The number of hydrogen-bond donors (Lipinski definition) is 0. The number of para-hydroxylation sites is 1. The molecule has 4 rings (SSSR count). The number of hydrogen-bond acceptors (Lipinski definition) is 5. The average molecular weight is 386 g/mol. The third-order valence-electron chi connectivity index (χ3n) is 5.13. The topological polar surface area (TPSA) is 66.9 Å². The van der Waals surface area contributed by atoms with Crippen LogP contribution in [-0.2, 0) is 25.9 Å². The lowest BCUT2D eigenvalue weighted by Gasteiger charge is -2.36. The molecule has 0 saturated carbocycles. The van der Waals surface area contributed by atoms with Crippen LogP contribution in [0.15, 0.2) is 59.5 Å². The standard InChI is InChI=1S/C20H22N2O4S/c1-27(24,25)17-9-7-15(8-10-17)11-21-12-18-19(13-21)26-14-20(23)22(18)16-5-3-2-4-6-16/h2-10,18-19H,11-14H2,1H3. The minimum atomic E-state index is -3.19. The molecule has 142 valence electrons. The molecule has 2 aliphatic rings. The molecule has 2 aromatic rings. The van der Waals surface area contributed by atoms with Crippen molar-refractivity contribution in [3.63, 3.8) is 0 Å². The zero-order valence-corrected chi connectivity index (χ0v) is 15.9. The first kappa shape index (κ1) is 18.2. The molecule has 27 heavy (non-hydrogen) atoms. The summed E-state index contributed by atoms with van der Waals surface area (Å²) in [6, 6.07) is 16.7. The van der Waals surface area contributed by atoms with Crippen molar-refractivity contribution < 1.29 is 17.9 Å². The number of carbonyl (C=O) groups is 1. The predicted molar refractivity (Wildman–Crippen MR) is 102 cm³/mol. The maximum absolute atomic E-state index is 12.5. The Morgan fingerprint density at radius 3 is 2.41 bits per heavy atom. The highest BCUT2D eigenvalue weighted by molar-refractivity contribution is 7.90. The van der Waals surface area contributed by atoms with E-state index in [1.807, 2.05) is 47.4 Å². The van der Waals surface area contributed by atoms with Crippen molar-refractivity contribution in [3.05, 3.63) is 60.2 Å². The van der Waals surface area contributed by atoms with E-state index in [-0.39, 0.29) is 24.7 Å². The van der Waals surface area contributed by atoms with Crippen molar-refractivity contribution in [1.82, 2.24) is 4.90 Å². The number of morpholine rings is 1. The number of rotatable bonds is 4. The first-order chi connectivity index (χ1) is 12.9. The second-order valence-corrected chi connectivity index (χ2v) is 9.14. The van der Waals surface area contributed by atoms with Crippen LogP contribution in [0.1, 0.15) is 5.56 Å². The molecule has 0 bridgehead atoms. The predicted octanol–water partition coefficient (Wildman–Crippen LogP) is 1.71. The van der Waals surface area contributed by atoms with E-state index in [0.717, 1.165) is 24.3 Å². The summed E-state index contributed by atoms with van der Waals surface area (Å²) in [6.45, 7) is 2.26. The SMILES string of the molecule is CS(=O)(=O)c1ccc(CN2CC3OCC(=O)N(c4ccccc4)C3C2)cc1. The van der Waals surface area contributed by atoms with E-state index in [0.29, 0.717) is 11.4 Å². The first-order valence-electron chi connectivity index (χ1n) is 8.92. The number of anilines is 1. The van der Waals surface area contributed by atoms with Gasteiger partial charge in [-0.15, -0.1) is 0 Å². The summed E-state index contributed by atoms with van der Waals surface area (Å²) in [5.74, 6) is -0.0122. The molecule has 2 aliphatic heterocycles. The fraction of sp³-hybridized carbons (Fsp3) is 0.350. The van der Waals surface area contributed by atoms with Crippen LogP contribution in [0.3, 0.4) is 0 Å². The number of fused-ring (bicyclic) bond motifs is 1. The van der Waals surface area contributed by atoms with E-state index in [1.165, 1.54) is 6.26 Å². The number of amides is 1. The molecular weight excluding hydrogens is 364 g/mol. The lowest BCUT2D eigenvalue weighted by molar-refractivity contribution is -0.130. The van der Waals surface area contributed by atoms with Gasteiger partial charge in [0.25, 0.3) is 5.91 Å². The number of nitrogens with zero attached hydrogens (tertiary/aromatic N) is 2. The molecule has 2 unspecified atom stereocenters. The van der Waals surface area contributed by atoms with Crippen LogP contribution in [0.25, 0.3) is 0 Å². The van der Waals surface area contributed by atoms with Gasteiger partial charge in [0.2, 0.25) is 0 Å². The second-order valence-electron chi connectivity index (χ2n) is 7.13. The van der Waals surface area contributed by atoms with Gasteiger partial charge in [-0.25, -0.2) is 8.42 Å². The Labute approximate surface area is 159 Å². The summed E-state index contributed by atoms with van der Waals surface area (Å²) in [5.41, 5.74) is 1.94. The van der Waals surface area contributed by atoms with Crippen molar-refractivity contribution in [2.24, 2.45) is 0 Å². The van der Waals surface area contributed by atoms with E-state index >= 15 is 0 Å². The highest BCUT2D eigenvalue weighted by atomic mass is 32.2. The molecule has 0 spiro atoms. The van der Waals surface area contributed by atoms with Crippen molar-refractivity contribution in [3.8, 4) is 0 Å². The van der Waals surface area contributed by atoms with Crippen LogP contribution in [0.4, 0.5) is 5.69 Å². The van der Waals surface area contributed by atoms with Gasteiger partial charge in [0.1, 0.15) is 6.61 Å². The molecule has 2 aromatic carbocycles. The largest absolute Gasteiger partial charge is 0.365 e. The highest BCUT2D eigenvalue weighted by Crippen LogP contribution is 2.29. The van der Waals surface area contributed by atoms with Crippen LogP contribution in [0, 0.1) is 0 Å². The minimum absolute atomic E-state index is 0.0102. The average Bonchev–Trinajstić information content (AvgIpc) is 3.04. The Morgan fingerprint density at radius 1 is 1.04 bits per heavy atom. The fourth-order valence-corrected chi connectivity index (χ4v) is 4.46. The quantitative estimate of drug-likeness (QED) is 0.800. The molecule has 2 atom stereocenters. The molecule has 0 aromatic heterocycles. The number of benzene rings is 2. The Morgan fingerprint density at radius 2 is 1.74 bits per heavy atom. The van der Waals surface area contributed by atoms with E-state index in [9.17, 15) is 13.2 Å². The van der Waals surface area contributed by atoms with E-state index in [4.69, 9.17) is 4.74 Å². The Balaban J connectivity index is 1.49.